The van der Waals surface area contributed by atoms with Crippen LogP contribution in [0.15, 0.2) is 84.3 Å². The number of benzene rings is 3. The Bertz CT molecular complexity index is 2000. The maximum Gasteiger partial charge on any atom is 0.283 e. The van der Waals surface area contributed by atoms with Crippen molar-refractivity contribution in [2.45, 2.75) is 6.92 Å². The quantitative estimate of drug-likeness (QED) is 0.233. The number of halogens is 1. The molecule has 3 heterocycles. The van der Waals surface area contributed by atoms with Crippen molar-refractivity contribution in [2.24, 2.45) is 0 Å². The van der Waals surface area contributed by atoms with Crippen LogP contribution >= 0.6 is 0 Å². The second-order valence-corrected chi connectivity index (χ2v) is 11.1. The highest BCUT2D eigenvalue weighted by Crippen LogP contribution is 2.32. The molecule has 2 N–H and O–H groups in total. The lowest BCUT2D eigenvalue weighted by molar-refractivity contribution is -0.111. The zero-order valence-corrected chi connectivity index (χ0v) is 25.7. The number of likely N-dealkylation sites (N-methyl/N-ethyl adjacent to an activating group) is 1. The van der Waals surface area contributed by atoms with Crippen LogP contribution in [0.3, 0.4) is 0 Å². The molecule has 1 saturated heterocycles. The van der Waals surface area contributed by atoms with E-state index in [0.717, 1.165) is 37.9 Å². The highest BCUT2D eigenvalue weighted by Gasteiger charge is 2.20. The maximum atomic E-state index is 14.4. The number of amides is 1. The minimum absolute atomic E-state index is 0.0288. The number of rotatable bonds is 8. The Balaban J connectivity index is 1.45. The van der Waals surface area contributed by atoms with Crippen molar-refractivity contribution in [1.29, 1.82) is 0 Å². The molecule has 1 amide bonds. The van der Waals surface area contributed by atoms with E-state index in [2.05, 4.69) is 44.0 Å². The number of nitrogens with zero attached hydrogens (tertiary/aromatic N) is 6. The summed E-state index contributed by atoms with van der Waals surface area (Å²) in [5, 5.41) is 5.94. The summed E-state index contributed by atoms with van der Waals surface area (Å²) in [4.78, 5) is 44.5. The minimum Gasteiger partial charge on any atom is -0.494 e. The number of carbonyl (C=O) groups excluding carboxylic acids is 1. The number of fused-ring (bicyclic) bond motifs is 1. The third-order valence-electron chi connectivity index (χ3n) is 7.77. The highest BCUT2D eigenvalue weighted by atomic mass is 19.1. The molecule has 11 nitrogen and oxygen atoms in total. The average Bonchev–Trinajstić information content (AvgIpc) is 3.04. The number of ether oxygens (including phenoxy) is 1. The molecule has 12 heteroatoms. The van der Waals surface area contributed by atoms with Gasteiger partial charge in [0, 0.05) is 49.2 Å². The molecule has 0 atom stereocenters. The van der Waals surface area contributed by atoms with Gasteiger partial charge in [-0.25, -0.2) is 14.4 Å². The molecule has 1 aliphatic rings. The number of anilines is 4. The predicted octanol–water partition coefficient (Wildman–Crippen LogP) is 4.92. The first-order chi connectivity index (χ1) is 22.2. The van der Waals surface area contributed by atoms with Gasteiger partial charge >= 0.3 is 0 Å². The topological polar surface area (TPSA) is 118 Å². The molecule has 1 fully saturated rings. The molecular weight excluding hydrogens is 587 g/mol. The summed E-state index contributed by atoms with van der Waals surface area (Å²) in [7, 11) is 3.72. The second kappa shape index (κ2) is 12.8. The van der Waals surface area contributed by atoms with Crippen LogP contribution in [0.1, 0.15) is 5.56 Å². The molecular formula is C34H33FN8O3. The predicted molar refractivity (Wildman–Crippen MR) is 178 cm³/mol. The van der Waals surface area contributed by atoms with E-state index >= 15 is 0 Å². The van der Waals surface area contributed by atoms with Crippen molar-refractivity contribution in [3.8, 4) is 22.7 Å². The molecule has 0 saturated carbocycles. The van der Waals surface area contributed by atoms with Gasteiger partial charge in [0.1, 0.15) is 22.8 Å². The van der Waals surface area contributed by atoms with Gasteiger partial charge in [0.15, 0.2) is 5.65 Å². The first-order valence-electron chi connectivity index (χ1n) is 14.7. The Morgan fingerprint density at radius 2 is 1.83 bits per heavy atom. The zero-order chi connectivity index (χ0) is 32.4. The van der Waals surface area contributed by atoms with Gasteiger partial charge in [0.25, 0.3) is 5.56 Å². The van der Waals surface area contributed by atoms with Crippen LogP contribution in [-0.4, -0.2) is 70.7 Å². The van der Waals surface area contributed by atoms with E-state index in [1.165, 1.54) is 22.9 Å². The lowest BCUT2D eigenvalue weighted by atomic mass is 10.1. The molecule has 234 valence electrons. The van der Waals surface area contributed by atoms with Gasteiger partial charge in [-0.05, 0) is 74.1 Å². The summed E-state index contributed by atoms with van der Waals surface area (Å²) in [6.45, 7) is 9.03. The van der Waals surface area contributed by atoms with Crippen LogP contribution < -0.4 is 25.8 Å². The highest BCUT2D eigenvalue weighted by molar-refractivity contribution is 5.99. The Morgan fingerprint density at radius 1 is 1.02 bits per heavy atom. The Labute approximate surface area is 265 Å². The van der Waals surface area contributed by atoms with Gasteiger partial charge in [-0.3, -0.25) is 14.2 Å². The Morgan fingerprint density at radius 3 is 2.57 bits per heavy atom. The molecule has 5 aromatic rings. The number of piperazine rings is 1. The van der Waals surface area contributed by atoms with Crippen LogP contribution in [0.5, 0.6) is 5.75 Å². The molecule has 2 aromatic heterocycles. The molecule has 6 rings (SSSR count). The van der Waals surface area contributed by atoms with Gasteiger partial charge in [-0.1, -0.05) is 12.6 Å². The van der Waals surface area contributed by atoms with Crippen molar-refractivity contribution in [2.75, 3.05) is 55.9 Å². The number of methoxy groups -OCH3 is 1. The fraction of sp³-hybridized carbons (Fsp3) is 0.206. The smallest absolute Gasteiger partial charge is 0.283 e. The molecule has 0 radical (unpaired) electrons. The third-order valence-corrected chi connectivity index (χ3v) is 7.77. The van der Waals surface area contributed by atoms with Gasteiger partial charge in [-0.2, -0.15) is 4.98 Å². The van der Waals surface area contributed by atoms with E-state index in [4.69, 9.17) is 9.72 Å². The Kier molecular flexibility index (Phi) is 8.45. The molecule has 0 unspecified atom stereocenters. The summed E-state index contributed by atoms with van der Waals surface area (Å²) >= 11 is 0. The van der Waals surface area contributed by atoms with Crippen LogP contribution in [0.2, 0.25) is 0 Å². The van der Waals surface area contributed by atoms with E-state index in [0.29, 0.717) is 39.5 Å². The number of hydrogen-bond acceptors (Lipinski definition) is 9. The van der Waals surface area contributed by atoms with Crippen molar-refractivity contribution >= 4 is 40.1 Å². The standard InChI is InChI=1S/C34H33FN8O3/c1-5-30(44)37-24-7-6-8-26(18-24)43-32-28(38-31(33(43)45)22-15-21(2)16-23(35)17-22)20-36-34(40-32)39-27-10-9-25(19-29(27)46-4)42-13-11-41(3)12-14-42/h5-10,15-20H,1,11-14H2,2-4H3,(H,37,44)(H,36,39,40). The van der Waals surface area contributed by atoms with E-state index in [1.54, 1.807) is 44.4 Å². The van der Waals surface area contributed by atoms with Crippen LogP contribution in [0.4, 0.5) is 27.4 Å². The number of hydrogen-bond donors (Lipinski definition) is 2. The molecule has 0 spiro atoms. The molecule has 0 bridgehead atoms. The lowest BCUT2D eigenvalue weighted by Crippen LogP contribution is -2.44. The second-order valence-electron chi connectivity index (χ2n) is 11.1. The SMILES string of the molecule is C=CC(=O)Nc1cccc(-n2c(=O)c(-c3cc(C)cc(F)c3)nc3cnc(Nc4ccc(N5CCN(C)CC5)cc4OC)nc32)c1. The van der Waals surface area contributed by atoms with E-state index in [9.17, 15) is 14.0 Å². The van der Waals surface area contributed by atoms with Gasteiger partial charge in [0.05, 0.1) is 24.7 Å². The van der Waals surface area contributed by atoms with E-state index in [-0.39, 0.29) is 17.3 Å². The van der Waals surface area contributed by atoms with Gasteiger partial charge < -0.3 is 25.2 Å². The average molecular weight is 621 g/mol. The molecule has 3 aromatic carbocycles. The summed E-state index contributed by atoms with van der Waals surface area (Å²) < 4.78 is 21.5. The number of carbonyl (C=O) groups is 1. The monoisotopic (exact) mass is 620 g/mol. The van der Waals surface area contributed by atoms with Gasteiger partial charge in [-0.15, -0.1) is 0 Å². The molecule has 46 heavy (non-hydrogen) atoms. The van der Waals surface area contributed by atoms with Crippen molar-refractivity contribution in [3.63, 3.8) is 0 Å². The fourth-order valence-electron chi connectivity index (χ4n) is 5.42. The van der Waals surface area contributed by atoms with Crippen molar-refractivity contribution in [3.05, 3.63) is 101 Å². The maximum absolute atomic E-state index is 14.4. The normalized spacial score (nSPS) is 13.4. The van der Waals surface area contributed by atoms with E-state index in [1.807, 2.05) is 18.2 Å². The summed E-state index contributed by atoms with van der Waals surface area (Å²) in [5.41, 5.74) is 3.53. The molecule has 0 aliphatic carbocycles. The fourth-order valence-corrected chi connectivity index (χ4v) is 5.42. The first-order valence-corrected chi connectivity index (χ1v) is 14.7. The zero-order valence-electron chi connectivity index (χ0n) is 25.7. The third kappa shape index (κ3) is 6.28. The first kappa shape index (κ1) is 30.4. The molecule has 1 aliphatic heterocycles. The van der Waals surface area contributed by atoms with E-state index < -0.39 is 17.3 Å². The van der Waals surface area contributed by atoms with Crippen LogP contribution in [0, 0.1) is 12.7 Å². The van der Waals surface area contributed by atoms with Crippen molar-refractivity contribution < 1.29 is 13.9 Å². The lowest BCUT2D eigenvalue weighted by Gasteiger charge is -2.34. The van der Waals surface area contributed by atoms with Gasteiger partial charge in [0.2, 0.25) is 11.9 Å². The Hall–Kier alpha value is -5.62. The number of nitrogens with one attached hydrogen (secondary N) is 2. The van der Waals surface area contributed by atoms with Crippen molar-refractivity contribution in [1.82, 2.24) is 24.4 Å². The number of aryl methyl sites for hydroxylation is 1. The largest absolute Gasteiger partial charge is 0.494 e. The van der Waals surface area contributed by atoms with Crippen LogP contribution in [0.25, 0.3) is 28.1 Å². The summed E-state index contributed by atoms with van der Waals surface area (Å²) in [6, 6.07) is 17.0. The van der Waals surface area contributed by atoms with Crippen LogP contribution in [-0.2, 0) is 4.79 Å². The minimum atomic E-state index is -0.525. The summed E-state index contributed by atoms with van der Waals surface area (Å²) in [6.07, 6.45) is 2.66. The number of aromatic nitrogens is 4. The summed E-state index contributed by atoms with van der Waals surface area (Å²) in [5.74, 6) is -0.0709.